The lowest BCUT2D eigenvalue weighted by atomic mass is 10.1. The number of fused-ring (bicyclic) bond motifs is 1. The molecule has 3 aliphatic rings. The van der Waals surface area contributed by atoms with Crippen LogP contribution in [0.1, 0.15) is 0 Å². The standard InChI is InChI=1S/C17H19FN4O2S/c18-22-12-15-14(10-17(22)21-8-6-19-7-9-21)16(11-20-15)25(23,24)13-4-2-1-3-5-13/h1-5,10,12,19-20H,6-9,11H2. The van der Waals surface area contributed by atoms with Crippen molar-refractivity contribution in [3.05, 3.63) is 64.6 Å². The summed E-state index contributed by atoms with van der Waals surface area (Å²) in [6.45, 7) is 3.06. The Morgan fingerprint density at radius 2 is 1.80 bits per heavy atom. The van der Waals surface area contributed by atoms with Gasteiger partial charge in [-0.15, -0.1) is 0 Å². The molecule has 0 aliphatic carbocycles. The molecule has 0 bridgehead atoms. The number of allylic oxidation sites excluding steroid dienone is 1. The van der Waals surface area contributed by atoms with Crippen LogP contribution in [0.2, 0.25) is 0 Å². The first-order valence-corrected chi connectivity index (χ1v) is 9.67. The van der Waals surface area contributed by atoms with E-state index in [0.29, 0.717) is 35.3 Å². The highest BCUT2D eigenvalue weighted by Gasteiger charge is 2.34. The molecule has 0 unspecified atom stereocenters. The summed E-state index contributed by atoms with van der Waals surface area (Å²) in [7, 11) is -3.62. The number of halogens is 1. The summed E-state index contributed by atoms with van der Waals surface area (Å²) >= 11 is 0. The number of benzene rings is 1. The normalized spacial score (nSPS) is 20.8. The molecular weight excluding hydrogens is 343 g/mol. The zero-order valence-electron chi connectivity index (χ0n) is 13.6. The monoisotopic (exact) mass is 362 g/mol. The molecule has 25 heavy (non-hydrogen) atoms. The van der Waals surface area contributed by atoms with Gasteiger partial charge in [0.15, 0.2) is 0 Å². The van der Waals surface area contributed by atoms with Gasteiger partial charge >= 0.3 is 0 Å². The topological polar surface area (TPSA) is 64.7 Å². The van der Waals surface area contributed by atoms with Crippen LogP contribution in [0.25, 0.3) is 0 Å². The second-order valence-corrected chi connectivity index (χ2v) is 8.07. The van der Waals surface area contributed by atoms with Gasteiger partial charge in [0, 0.05) is 31.8 Å². The summed E-state index contributed by atoms with van der Waals surface area (Å²) in [4.78, 5) is 2.45. The highest BCUT2D eigenvalue weighted by atomic mass is 32.2. The second-order valence-electron chi connectivity index (χ2n) is 6.10. The van der Waals surface area contributed by atoms with Crippen molar-refractivity contribution in [2.75, 3.05) is 32.7 Å². The summed E-state index contributed by atoms with van der Waals surface area (Å²) in [6.07, 6.45) is 2.96. The van der Waals surface area contributed by atoms with Gasteiger partial charge in [0.05, 0.1) is 28.2 Å². The summed E-state index contributed by atoms with van der Waals surface area (Å²) in [6, 6.07) is 8.33. The Kier molecular flexibility index (Phi) is 4.01. The summed E-state index contributed by atoms with van der Waals surface area (Å²) in [5.74, 6) is 0.379. The van der Waals surface area contributed by atoms with Crippen molar-refractivity contribution in [3.8, 4) is 0 Å². The second kappa shape index (κ2) is 6.20. The van der Waals surface area contributed by atoms with Crippen LogP contribution in [0.3, 0.4) is 0 Å². The van der Waals surface area contributed by atoms with Crippen molar-refractivity contribution >= 4 is 9.84 Å². The van der Waals surface area contributed by atoms with Crippen LogP contribution >= 0.6 is 0 Å². The molecule has 0 radical (unpaired) electrons. The molecule has 0 spiro atoms. The van der Waals surface area contributed by atoms with Crippen LogP contribution in [-0.2, 0) is 9.84 Å². The quantitative estimate of drug-likeness (QED) is 0.786. The average Bonchev–Trinajstić information content (AvgIpc) is 3.06. The first-order chi connectivity index (χ1) is 12.1. The van der Waals surface area contributed by atoms with E-state index in [4.69, 9.17) is 0 Å². The zero-order valence-corrected chi connectivity index (χ0v) is 14.4. The zero-order chi connectivity index (χ0) is 17.4. The lowest BCUT2D eigenvalue weighted by Crippen LogP contribution is -2.45. The van der Waals surface area contributed by atoms with Crippen molar-refractivity contribution < 1.29 is 12.9 Å². The third-order valence-corrected chi connectivity index (χ3v) is 6.49. The number of nitrogens with one attached hydrogen (secondary N) is 2. The lowest BCUT2D eigenvalue weighted by molar-refractivity contribution is 0.0733. The first-order valence-electron chi connectivity index (χ1n) is 8.19. The number of sulfone groups is 1. The van der Waals surface area contributed by atoms with Gasteiger partial charge in [-0.25, -0.2) is 8.42 Å². The molecule has 0 atom stereocenters. The number of piperazine rings is 1. The van der Waals surface area contributed by atoms with Gasteiger partial charge in [0.2, 0.25) is 9.84 Å². The van der Waals surface area contributed by atoms with Crippen LogP contribution < -0.4 is 10.6 Å². The Morgan fingerprint density at radius 1 is 1.08 bits per heavy atom. The van der Waals surface area contributed by atoms with E-state index in [-0.39, 0.29) is 16.3 Å². The molecule has 3 aliphatic heterocycles. The van der Waals surface area contributed by atoms with Crippen molar-refractivity contribution in [2.45, 2.75) is 4.90 Å². The molecule has 0 saturated carbocycles. The molecule has 0 amide bonds. The SMILES string of the molecule is O=S(=O)(C1=C2C=C(N3CCNCC3)N(F)C=C2NC1)c1ccccc1. The predicted octanol–water partition coefficient (Wildman–Crippen LogP) is 1.11. The Balaban J connectivity index is 1.77. The fourth-order valence-electron chi connectivity index (χ4n) is 3.26. The maximum atomic E-state index is 14.4. The Bertz CT molecular complexity index is 871. The maximum absolute atomic E-state index is 14.4. The molecule has 1 saturated heterocycles. The molecular formula is C17H19FN4O2S. The number of rotatable bonds is 3. The molecule has 8 heteroatoms. The molecule has 2 N–H and O–H groups in total. The minimum absolute atomic E-state index is 0.164. The Morgan fingerprint density at radius 3 is 2.52 bits per heavy atom. The molecule has 6 nitrogen and oxygen atoms in total. The van der Waals surface area contributed by atoms with Gasteiger partial charge < -0.3 is 15.5 Å². The van der Waals surface area contributed by atoms with Crippen LogP contribution in [0.5, 0.6) is 0 Å². The molecule has 3 heterocycles. The molecule has 1 fully saturated rings. The molecule has 1 aromatic carbocycles. The van der Waals surface area contributed by atoms with E-state index in [1.54, 1.807) is 36.4 Å². The van der Waals surface area contributed by atoms with E-state index in [2.05, 4.69) is 10.6 Å². The summed E-state index contributed by atoms with van der Waals surface area (Å²) < 4.78 is 40.4. The molecule has 1 aromatic rings. The largest absolute Gasteiger partial charge is 0.378 e. The molecule has 132 valence electrons. The third kappa shape index (κ3) is 2.81. The van der Waals surface area contributed by atoms with Gasteiger partial charge in [-0.05, 0) is 18.2 Å². The predicted molar refractivity (Wildman–Crippen MR) is 92.2 cm³/mol. The van der Waals surface area contributed by atoms with Crippen LogP contribution in [0.4, 0.5) is 4.48 Å². The number of nitrogens with zero attached hydrogens (tertiary/aromatic N) is 2. The number of hydrogen-bond donors (Lipinski definition) is 2. The molecule has 0 aromatic heterocycles. The lowest BCUT2D eigenvalue weighted by Gasteiger charge is -2.34. The average molecular weight is 362 g/mol. The van der Waals surface area contributed by atoms with Gasteiger partial charge in [-0.2, -0.15) is 5.12 Å². The first kappa shape index (κ1) is 16.2. The highest BCUT2D eigenvalue weighted by Crippen LogP contribution is 2.34. The number of hydrogen-bond acceptors (Lipinski definition) is 6. The third-order valence-electron chi connectivity index (χ3n) is 4.58. The van der Waals surface area contributed by atoms with E-state index in [0.717, 1.165) is 13.1 Å². The van der Waals surface area contributed by atoms with Crippen molar-refractivity contribution in [2.24, 2.45) is 0 Å². The maximum Gasteiger partial charge on any atom is 0.205 e. The van der Waals surface area contributed by atoms with E-state index in [1.165, 1.54) is 6.20 Å². The molecule has 4 rings (SSSR count). The smallest absolute Gasteiger partial charge is 0.205 e. The van der Waals surface area contributed by atoms with E-state index in [9.17, 15) is 12.9 Å². The van der Waals surface area contributed by atoms with Crippen molar-refractivity contribution in [3.63, 3.8) is 0 Å². The fourth-order valence-corrected chi connectivity index (χ4v) is 4.78. The van der Waals surface area contributed by atoms with Crippen LogP contribution in [-0.4, -0.2) is 51.2 Å². The Labute approximate surface area is 146 Å². The van der Waals surface area contributed by atoms with Crippen molar-refractivity contribution in [1.29, 1.82) is 0 Å². The van der Waals surface area contributed by atoms with Crippen molar-refractivity contribution in [1.82, 2.24) is 20.7 Å². The summed E-state index contributed by atoms with van der Waals surface area (Å²) in [5, 5.41) is 6.78. The summed E-state index contributed by atoms with van der Waals surface area (Å²) in [5.41, 5.74) is 1.04. The van der Waals surface area contributed by atoms with Gasteiger partial charge in [0.1, 0.15) is 5.82 Å². The van der Waals surface area contributed by atoms with Gasteiger partial charge in [-0.1, -0.05) is 22.7 Å². The van der Waals surface area contributed by atoms with E-state index >= 15 is 0 Å². The minimum atomic E-state index is -3.62. The highest BCUT2D eigenvalue weighted by molar-refractivity contribution is 7.95. The van der Waals surface area contributed by atoms with E-state index in [1.807, 2.05) is 4.90 Å². The fraction of sp³-hybridized carbons (Fsp3) is 0.294. The van der Waals surface area contributed by atoms with Gasteiger partial charge in [-0.3, -0.25) is 0 Å². The van der Waals surface area contributed by atoms with Crippen LogP contribution in [0, 0.1) is 0 Å². The van der Waals surface area contributed by atoms with Gasteiger partial charge in [0.25, 0.3) is 0 Å². The van der Waals surface area contributed by atoms with Crippen LogP contribution in [0.15, 0.2) is 69.5 Å². The minimum Gasteiger partial charge on any atom is -0.378 e. The van der Waals surface area contributed by atoms with E-state index < -0.39 is 9.84 Å². The Hall–Kier alpha value is -2.32.